The molecule has 82 valence electrons. The number of halogens is 2. The minimum absolute atomic E-state index is 0.114. The van der Waals surface area contributed by atoms with E-state index >= 15 is 0 Å². The maximum atomic E-state index is 12.0. The van der Waals surface area contributed by atoms with Gasteiger partial charge in [0.2, 0.25) is 0 Å². The predicted molar refractivity (Wildman–Crippen MR) is 66.4 cm³/mol. The third kappa shape index (κ3) is 1.59. The lowest BCUT2D eigenvalue weighted by Gasteiger charge is -2.54. The Kier molecular flexibility index (Phi) is 3.22. The highest BCUT2D eigenvalue weighted by Crippen LogP contribution is 2.41. The first kappa shape index (κ1) is 12.7. The molecule has 0 aromatic carbocycles. The van der Waals surface area contributed by atoms with Crippen LogP contribution in [0.1, 0.15) is 27.7 Å². The van der Waals surface area contributed by atoms with E-state index in [9.17, 15) is 4.79 Å². The maximum Gasteiger partial charge on any atom is 0.163 e. The number of carbonyl (C=O) groups is 1. The van der Waals surface area contributed by atoms with Gasteiger partial charge in [-0.05, 0) is 34.7 Å². The van der Waals surface area contributed by atoms with Crippen molar-refractivity contribution in [3.63, 3.8) is 0 Å². The van der Waals surface area contributed by atoms with Crippen LogP contribution in [0.4, 0.5) is 0 Å². The standard InChI is InChI=1S/C10H17Br2NO/c1-9(2)7(11)6(14)8(12)10(3,4)13(9)5/h7-8H,1-5H3. The van der Waals surface area contributed by atoms with Gasteiger partial charge in [0.25, 0.3) is 0 Å². The molecule has 1 fully saturated rings. The molecule has 14 heavy (non-hydrogen) atoms. The molecular weight excluding hydrogens is 310 g/mol. The first-order chi connectivity index (χ1) is 6.13. The number of nitrogens with zero attached hydrogens (tertiary/aromatic N) is 1. The second-order valence-corrected chi connectivity index (χ2v) is 6.83. The van der Waals surface area contributed by atoms with Crippen LogP contribution in [0.5, 0.6) is 0 Å². The fourth-order valence-electron chi connectivity index (χ4n) is 1.91. The van der Waals surface area contributed by atoms with Crippen LogP contribution >= 0.6 is 31.9 Å². The highest BCUT2D eigenvalue weighted by Gasteiger charge is 2.53. The largest absolute Gasteiger partial charge is 0.297 e. The molecule has 0 radical (unpaired) electrons. The van der Waals surface area contributed by atoms with Gasteiger partial charge in [-0.2, -0.15) is 0 Å². The molecular formula is C10H17Br2NO. The zero-order valence-electron chi connectivity index (χ0n) is 9.27. The van der Waals surface area contributed by atoms with Crippen molar-refractivity contribution in [2.45, 2.75) is 48.4 Å². The van der Waals surface area contributed by atoms with Gasteiger partial charge in [-0.25, -0.2) is 0 Å². The second-order valence-electron chi connectivity index (χ2n) is 4.99. The Morgan fingerprint density at radius 2 is 1.36 bits per heavy atom. The summed E-state index contributed by atoms with van der Waals surface area (Å²) in [5.41, 5.74) is -0.296. The van der Waals surface area contributed by atoms with Crippen molar-refractivity contribution in [2.75, 3.05) is 7.05 Å². The van der Waals surface area contributed by atoms with E-state index in [0.29, 0.717) is 0 Å². The third-order valence-corrected chi connectivity index (χ3v) is 6.61. The molecule has 0 aromatic rings. The highest BCUT2D eigenvalue weighted by molar-refractivity contribution is 9.10. The van der Waals surface area contributed by atoms with Gasteiger partial charge < -0.3 is 0 Å². The summed E-state index contributed by atoms with van der Waals surface area (Å²) < 4.78 is 0. The molecule has 2 unspecified atom stereocenters. The average Bonchev–Trinajstić information content (AvgIpc) is 2.11. The van der Waals surface area contributed by atoms with Gasteiger partial charge in [-0.1, -0.05) is 31.9 Å². The van der Waals surface area contributed by atoms with Crippen molar-refractivity contribution in [2.24, 2.45) is 0 Å². The molecule has 4 heteroatoms. The van der Waals surface area contributed by atoms with Crippen LogP contribution in [0, 0.1) is 0 Å². The smallest absolute Gasteiger partial charge is 0.163 e. The Bertz CT molecular complexity index is 239. The van der Waals surface area contributed by atoms with Gasteiger partial charge in [0.1, 0.15) is 0 Å². The summed E-state index contributed by atoms with van der Waals surface area (Å²) >= 11 is 6.97. The van der Waals surface area contributed by atoms with E-state index in [1.54, 1.807) is 0 Å². The zero-order valence-corrected chi connectivity index (χ0v) is 12.4. The summed E-state index contributed by atoms with van der Waals surface area (Å²) in [6.07, 6.45) is 0. The molecule has 1 aliphatic heterocycles. The van der Waals surface area contributed by atoms with E-state index in [1.807, 2.05) is 0 Å². The van der Waals surface area contributed by atoms with Crippen LogP contribution in [0.2, 0.25) is 0 Å². The van der Waals surface area contributed by atoms with E-state index in [-0.39, 0.29) is 26.5 Å². The molecule has 1 saturated heterocycles. The lowest BCUT2D eigenvalue weighted by atomic mass is 9.79. The molecule has 0 N–H and O–H groups in total. The number of carbonyl (C=O) groups excluding carboxylic acids is 1. The molecule has 0 saturated carbocycles. The normalized spacial score (nSPS) is 37.2. The van der Waals surface area contributed by atoms with Gasteiger partial charge >= 0.3 is 0 Å². The number of ketones is 1. The number of rotatable bonds is 0. The highest BCUT2D eigenvalue weighted by atomic mass is 79.9. The zero-order chi connectivity index (χ0) is 11.3. The number of piperidine rings is 1. The summed E-state index contributed by atoms with van der Waals surface area (Å²) in [6.45, 7) is 8.35. The summed E-state index contributed by atoms with van der Waals surface area (Å²) in [6, 6.07) is 0. The maximum absolute atomic E-state index is 12.0. The van der Waals surface area contributed by atoms with E-state index in [1.165, 1.54) is 0 Å². The second kappa shape index (κ2) is 3.56. The minimum atomic E-state index is -0.148. The first-order valence-corrected chi connectivity index (χ1v) is 6.52. The SMILES string of the molecule is CN1C(C)(C)C(Br)C(=O)C(Br)C1(C)C. The fourth-order valence-corrected chi connectivity index (χ4v) is 3.41. The Hall–Kier alpha value is 0.590. The van der Waals surface area contributed by atoms with Crippen LogP contribution in [-0.4, -0.2) is 38.5 Å². The molecule has 0 aliphatic carbocycles. The lowest BCUT2D eigenvalue weighted by Crippen LogP contribution is -2.69. The van der Waals surface area contributed by atoms with E-state index in [0.717, 1.165) is 0 Å². The fraction of sp³-hybridized carbons (Fsp3) is 0.900. The van der Waals surface area contributed by atoms with Gasteiger partial charge in [-0.3, -0.25) is 9.69 Å². The topological polar surface area (TPSA) is 20.3 Å². The monoisotopic (exact) mass is 325 g/mol. The van der Waals surface area contributed by atoms with Crippen LogP contribution < -0.4 is 0 Å². The van der Waals surface area contributed by atoms with E-state index in [2.05, 4.69) is 71.5 Å². The van der Waals surface area contributed by atoms with E-state index in [4.69, 9.17) is 0 Å². The van der Waals surface area contributed by atoms with Gasteiger partial charge in [-0.15, -0.1) is 0 Å². The summed E-state index contributed by atoms with van der Waals surface area (Å²) in [4.78, 5) is 14.0. The Morgan fingerprint density at radius 1 is 1.07 bits per heavy atom. The van der Waals surface area contributed by atoms with Crippen LogP contribution in [0.25, 0.3) is 0 Å². The average molecular weight is 327 g/mol. The number of alkyl halides is 2. The molecule has 1 heterocycles. The van der Waals surface area contributed by atoms with Crippen molar-refractivity contribution < 1.29 is 4.79 Å². The van der Waals surface area contributed by atoms with Gasteiger partial charge in [0.15, 0.2) is 5.78 Å². The van der Waals surface area contributed by atoms with Crippen LogP contribution in [0.3, 0.4) is 0 Å². The molecule has 0 amide bonds. The number of hydrogen-bond acceptors (Lipinski definition) is 2. The summed E-state index contributed by atoms with van der Waals surface area (Å²) in [5, 5.41) is 0. The molecule has 1 aliphatic rings. The minimum Gasteiger partial charge on any atom is -0.297 e. The van der Waals surface area contributed by atoms with Crippen molar-refractivity contribution in [3.8, 4) is 0 Å². The molecule has 2 atom stereocenters. The van der Waals surface area contributed by atoms with E-state index < -0.39 is 0 Å². The number of Topliss-reactive ketones (excluding diaryl/α,β-unsaturated/α-hetero) is 1. The quantitative estimate of drug-likeness (QED) is 0.638. The summed E-state index contributed by atoms with van der Waals surface area (Å²) in [5.74, 6) is 0.234. The van der Waals surface area contributed by atoms with Crippen molar-refractivity contribution in [1.82, 2.24) is 4.90 Å². The van der Waals surface area contributed by atoms with Crippen molar-refractivity contribution in [1.29, 1.82) is 0 Å². The van der Waals surface area contributed by atoms with Crippen molar-refractivity contribution in [3.05, 3.63) is 0 Å². The molecule has 0 spiro atoms. The van der Waals surface area contributed by atoms with Crippen LogP contribution in [-0.2, 0) is 4.79 Å². The first-order valence-electron chi connectivity index (χ1n) is 4.69. The lowest BCUT2D eigenvalue weighted by molar-refractivity contribution is -0.128. The molecule has 0 bridgehead atoms. The summed E-state index contributed by atoms with van der Waals surface area (Å²) in [7, 11) is 2.06. The van der Waals surface area contributed by atoms with Crippen LogP contribution in [0.15, 0.2) is 0 Å². The third-order valence-electron chi connectivity index (χ3n) is 3.47. The Labute approximate surface area is 103 Å². The molecule has 1 rings (SSSR count). The Balaban J connectivity index is 3.15. The van der Waals surface area contributed by atoms with Gasteiger partial charge in [0, 0.05) is 11.1 Å². The molecule has 0 aromatic heterocycles. The van der Waals surface area contributed by atoms with Crippen molar-refractivity contribution >= 4 is 37.6 Å². The number of hydrogen-bond donors (Lipinski definition) is 0. The predicted octanol–water partition coefficient (Wildman–Crippen LogP) is 2.59. The molecule has 2 nitrogen and oxygen atoms in total. The van der Waals surface area contributed by atoms with Gasteiger partial charge in [0.05, 0.1) is 9.65 Å². The Morgan fingerprint density at radius 3 is 1.64 bits per heavy atom. The number of likely N-dealkylation sites (tertiary alicyclic amines) is 1.